The third-order valence-corrected chi connectivity index (χ3v) is 4.34. The van der Waals surface area contributed by atoms with E-state index in [1.165, 1.54) is 25.5 Å². The summed E-state index contributed by atoms with van der Waals surface area (Å²) in [6, 6.07) is 5.19. The molecule has 3 rings (SSSR count). The van der Waals surface area contributed by atoms with Crippen molar-refractivity contribution in [2.24, 2.45) is 11.7 Å². The zero-order valence-electron chi connectivity index (χ0n) is 12.0. The minimum atomic E-state index is -0.171. The van der Waals surface area contributed by atoms with Gasteiger partial charge in [0.05, 0.1) is 0 Å². The maximum absolute atomic E-state index is 13.5. The Morgan fingerprint density at radius 3 is 2.30 bits per heavy atom. The molecule has 2 N–H and O–H groups in total. The van der Waals surface area contributed by atoms with Crippen molar-refractivity contribution in [2.75, 3.05) is 32.7 Å². The topological polar surface area (TPSA) is 32.5 Å². The molecule has 0 bridgehead atoms. The molecule has 3 nitrogen and oxygen atoms in total. The summed E-state index contributed by atoms with van der Waals surface area (Å²) in [6.45, 7) is 6.99. The monoisotopic (exact) mass is 277 g/mol. The molecule has 2 fully saturated rings. The summed E-state index contributed by atoms with van der Waals surface area (Å²) in [7, 11) is 0. The van der Waals surface area contributed by atoms with E-state index in [2.05, 4.69) is 9.80 Å². The third kappa shape index (κ3) is 3.78. The van der Waals surface area contributed by atoms with Crippen LogP contribution >= 0.6 is 0 Å². The smallest absolute Gasteiger partial charge is 0.123 e. The summed E-state index contributed by atoms with van der Waals surface area (Å²) in [6.07, 6.45) is 2.84. The van der Waals surface area contributed by atoms with E-state index in [0.29, 0.717) is 6.54 Å². The second-order valence-electron chi connectivity index (χ2n) is 6.19. The number of nitrogens with two attached hydrogens (primary N) is 1. The molecule has 0 unspecified atom stereocenters. The standard InChI is InChI=1S/C16H24FN3/c17-16-8-14(10-18)7-15(9-16)12-20-5-3-19(4-6-20)11-13-1-2-13/h7-9,13H,1-6,10-12,18H2. The van der Waals surface area contributed by atoms with Crippen molar-refractivity contribution in [3.05, 3.63) is 35.1 Å². The van der Waals surface area contributed by atoms with Gasteiger partial charge in [-0.3, -0.25) is 4.90 Å². The number of nitrogens with zero attached hydrogens (tertiary/aromatic N) is 2. The van der Waals surface area contributed by atoms with Gasteiger partial charge in [0.25, 0.3) is 0 Å². The average Bonchev–Trinajstić information content (AvgIpc) is 3.24. The quantitative estimate of drug-likeness (QED) is 0.891. The first-order chi connectivity index (χ1) is 9.72. The number of hydrogen-bond acceptors (Lipinski definition) is 3. The first-order valence-electron chi connectivity index (χ1n) is 7.66. The Labute approximate surface area is 120 Å². The molecule has 1 saturated carbocycles. The maximum Gasteiger partial charge on any atom is 0.123 e. The normalized spacial score (nSPS) is 21.3. The van der Waals surface area contributed by atoms with Gasteiger partial charge in [-0.1, -0.05) is 6.07 Å². The Morgan fingerprint density at radius 2 is 1.65 bits per heavy atom. The molecule has 1 heterocycles. The Morgan fingerprint density at radius 1 is 1.00 bits per heavy atom. The second kappa shape index (κ2) is 6.20. The lowest BCUT2D eigenvalue weighted by atomic mass is 10.1. The van der Waals surface area contributed by atoms with Crippen molar-refractivity contribution in [3.63, 3.8) is 0 Å². The van der Waals surface area contributed by atoms with Gasteiger partial charge in [-0.2, -0.15) is 0 Å². The molecule has 1 aliphatic heterocycles. The summed E-state index contributed by atoms with van der Waals surface area (Å²) in [5.41, 5.74) is 7.53. The van der Waals surface area contributed by atoms with Crippen molar-refractivity contribution in [1.29, 1.82) is 0 Å². The highest BCUT2D eigenvalue weighted by atomic mass is 19.1. The fourth-order valence-corrected chi connectivity index (χ4v) is 2.98. The molecule has 20 heavy (non-hydrogen) atoms. The van der Waals surface area contributed by atoms with Crippen LogP contribution in [-0.4, -0.2) is 42.5 Å². The summed E-state index contributed by atoms with van der Waals surface area (Å²) >= 11 is 0. The lowest BCUT2D eigenvalue weighted by Crippen LogP contribution is -2.46. The van der Waals surface area contributed by atoms with Gasteiger partial charge in [0.15, 0.2) is 0 Å². The molecule has 0 radical (unpaired) electrons. The molecular weight excluding hydrogens is 253 g/mol. The minimum absolute atomic E-state index is 0.171. The highest BCUT2D eigenvalue weighted by molar-refractivity contribution is 5.24. The summed E-state index contributed by atoms with van der Waals surface area (Å²) in [4.78, 5) is 4.99. The van der Waals surface area contributed by atoms with Crippen LogP contribution in [0.15, 0.2) is 18.2 Å². The largest absolute Gasteiger partial charge is 0.326 e. The van der Waals surface area contributed by atoms with Crippen molar-refractivity contribution in [1.82, 2.24) is 9.80 Å². The molecule has 1 aliphatic carbocycles. The number of benzene rings is 1. The van der Waals surface area contributed by atoms with Crippen molar-refractivity contribution in [3.8, 4) is 0 Å². The lowest BCUT2D eigenvalue weighted by Gasteiger charge is -2.34. The fraction of sp³-hybridized carbons (Fsp3) is 0.625. The predicted octanol–water partition coefficient (Wildman–Crippen LogP) is 1.81. The predicted molar refractivity (Wildman–Crippen MR) is 78.7 cm³/mol. The van der Waals surface area contributed by atoms with E-state index in [1.807, 2.05) is 6.07 Å². The highest BCUT2D eigenvalue weighted by Gasteiger charge is 2.26. The number of halogens is 1. The van der Waals surface area contributed by atoms with Crippen LogP contribution in [0.5, 0.6) is 0 Å². The van der Waals surface area contributed by atoms with Gasteiger partial charge in [-0.25, -0.2) is 4.39 Å². The fourth-order valence-electron chi connectivity index (χ4n) is 2.98. The molecule has 1 saturated heterocycles. The van der Waals surface area contributed by atoms with E-state index in [4.69, 9.17) is 5.73 Å². The zero-order chi connectivity index (χ0) is 13.9. The van der Waals surface area contributed by atoms with Crippen LogP contribution in [0.2, 0.25) is 0 Å². The van der Waals surface area contributed by atoms with E-state index in [-0.39, 0.29) is 5.82 Å². The van der Waals surface area contributed by atoms with E-state index >= 15 is 0 Å². The van der Waals surface area contributed by atoms with Crippen LogP contribution in [0.3, 0.4) is 0 Å². The minimum Gasteiger partial charge on any atom is -0.326 e. The van der Waals surface area contributed by atoms with Crippen LogP contribution in [0, 0.1) is 11.7 Å². The highest BCUT2D eigenvalue weighted by Crippen LogP contribution is 2.30. The molecule has 1 aromatic carbocycles. The maximum atomic E-state index is 13.5. The second-order valence-corrected chi connectivity index (χ2v) is 6.19. The van der Waals surface area contributed by atoms with Crippen LogP contribution in [0.1, 0.15) is 24.0 Å². The first kappa shape index (κ1) is 14.0. The number of rotatable bonds is 5. The third-order valence-electron chi connectivity index (χ3n) is 4.34. The molecule has 0 amide bonds. The molecule has 4 heteroatoms. The Hall–Kier alpha value is -0.970. The molecule has 0 aromatic heterocycles. The Kier molecular flexibility index (Phi) is 4.34. The molecule has 0 atom stereocenters. The summed E-state index contributed by atoms with van der Waals surface area (Å²) in [5, 5.41) is 0. The molecule has 0 spiro atoms. The summed E-state index contributed by atoms with van der Waals surface area (Å²) in [5.74, 6) is 0.798. The average molecular weight is 277 g/mol. The van der Waals surface area contributed by atoms with Crippen molar-refractivity contribution in [2.45, 2.75) is 25.9 Å². The van der Waals surface area contributed by atoms with Gasteiger partial charge >= 0.3 is 0 Å². The van der Waals surface area contributed by atoms with E-state index in [1.54, 1.807) is 6.07 Å². The molecule has 110 valence electrons. The van der Waals surface area contributed by atoms with Crippen molar-refractivity contribution >= 4 is 0 Å². The number of piperazine rings is 1. The molecular formula is C16H24FN3. The van der Waals surface area contributed by atoms with Crippen LogP contribution in [0.4, 0.5) is 4.39 Å². The number of hydrogen-bond donors (Lipinski definition) is 1. The Bertz CT molecular complexity index is 451. The van der Waals surface area contributed by atoms with Crippen LogP contribution < -0.4 is 5.73 Å². The molecule has 1 aromatic rings. The molecule has 2 aliphatic rings. The van der Waals surface area contributed by atoms with Crippen LogP contribution in [0.25, 0.3) is 0 Å². The van der Waals surface area contributed by atoms with Crippen LogP contribution in [-0.2, 0) is 13.1 Å². The summed E-state index contributed by atoms with van der Waals surface area (Å²) < 4.78 is 13.5. The van der Waals surface area contributed by atoms with Gasteiger partial charge < -0.3 is 10.6 Å². The first-order valence-corrected chi connectivity index (χ1v) is 7.66. The zero-order valence-corrected chi connectivity index (χ0v) is 12.0. The van der Waals surface area contributed by atoms with Gasteiger partial charge in [-0.05, 0) is 42.0 Å². The van der Waals surface area contributed by atoms with E-state index < -0.39 is 0 Å². The van der Waals surface area contributed by atoms with E-state index in [0.717, 1.165) is 49.8 Å². The van der Waals surface area contributed by atoms with E-state index in [9.17, 15) is 4.39 Å². The lowest BCUT2D eigenvalue weighted by molar-refractivity contribution is 0.123. The van der Waals surface area contributed by atoms with Gasteiger partial charge in [0.1, 0.15) is 5.82 Å². The van der Waals surface area contributed by atoms with Gasteiger partial charge in [0, 0.05) is 45.8 Å². The Balaban J connectivity index is 1.52. The SMILES string of the molecule is NCc1cc(F)cc(CN2CCN(CC3CC3)CC2)c1. The van der Waals surface area contributed by atoms with Gasteiger partial charge in [-0.15, -0.1) is 0 Å². The van der Waals surface area contributed by atoms with Gasteiger partial charge in [0.2, 0.25) is 0 Å². The van der Waals surface area contributed by atoms with Crippen molar-refractivity contribution < 1.29 is 4.39 Å².